The van der Waals surface area contributed by atoms with Gasteiger partial charge >= 0.3 is 6.09 Å². The smallest absolute Gasteiger partial charge is 0.429 e. The lowest BCUT2D eigenvalue weighted by Crippen LogP contribution is -2.35. The van der Waals surface area contributed by atoms with Gasteiger partial charge in [0.15, 0.2) is 5.60 Å². The summed E-state index contributed by atoms with van der Waals surface area (Å²) in [5.41, 5.74) is 0.348. The largest absolute Gasteiger partial charge is 0.453 e. The van der Waals surface area contributed by atoms with Crippen LogP contribution >= 0.6 is 11.6 Å². The van der Waals surface area contributed by atoms with Crippen molar-refractivity contribution < 1.29 is 9.53 Å². The summed E-state index contributed by atoms with van der Waals surface area (Å²) in [5, 5.41) is 6.83. The number of nitrogens with zero attached hydrogens (tertiary/aromatic N) is 3. The summed E-state index contributed by atoms with van der Waals surface area (Å²) in [5.74, 6) is 0.0476. The fourth-order valence-electron chi connectivity index (χ4n) is 2.05. The Bertz CT molecular complexity index is 578. The molecule has 0 saturated carbocycles. The Balaban J connectivity index is 2.54. The maximum atomic E-state index is 11.8. The average Bonchev–Trinajstić information content (AvgIpc) is 2.54. The highest BCUT2D eigenvalue weighted by atomic mass is 35.5. The quantitative estimate of drug-likeness (QED) is 0.637. The first-order chi connectivity index (χ1) is 10.2. The predicted molar refractivity (Wildman–Crippen MR) is 79.4 cm³/mol. The number of benzene rings is 1. The molecular weight excluding hydrogens is 290 g/mol. The maximum absolute atomic E-state index is 11.8. The number of carbonyl (C=O) groups excluding carboxylic acids is 1. The molecule has 0 spiro atoms. The molecule has 21 heavy (non-hydrogen) atoms. The summed E-state index contributed by atoms with van der Waals surface area (Å²) in [6.45, 7) is 0. The fraction of sp³-hybridized carbons (Fsp3) is 0.200. The number of alkyl halides is 1. The first-order valence-corrected chi connectivity index (χ1v) is 6.81. The van der Waals surface area contributed by atoms with E-state index in [-0.39, 0.29) is 5.88 Å². The van der Waals surface area contributed by atoms with Gasteiger partial charge in [0, 0.05) is 30.6 Å². The minimum Gasteiger partial charge on any atom is -0.429 e. The van der Waals surface area contributed by atoms with Crippen molar-refractivity contribution in [2.24, 2.45) is 10.2 Å². The molecule has 1 unspecified atom stereocenters. The number of carbonyl (C=O) groups is 1. The monoisotopic (exact) mass is 303 g/mol. The number of rotatable bonds is 4. The molecule has 0 saturated heterocycles. The van der Waals surface area contributed by atoms with E-state index in [1.807, 2.05) is 30.3 Å². The number of azo groups is 1. The Hall–Kier alpha value is -2.27. The number of amides is 1. The molecule has 0 radical (unpaired) electrons. The van der Waals surface area contributed by atoms with Crippen molar-refractivity contribution in [2.75, 3.05) is 12.9 Å². The topological polar surface area (TPSA) is 63.9 Å². The van der Waals surface area contributed by atoms with Gasteiger partial charge in [-0.3, -0.25) is 4.98 Å². The van der Waals surface area contributed by atoms with E-state index in [2.05, 4.69) is 15.2 Å². The second-order valence-electron chi connectivity index (χ2n) is 4.23. The van der Waals surface area contributed by atoms with Crippen LogP contribution in [0.3, 0.4) is 0 Å². The van der Waals surface area contributed by atoms with E-state index < -0.39 is 11.7 Å². The zero-order valence-corrected chi connectivity index (χ0v) is 12.2. The van der Waals surface area contributed by atoms with Gasteiger partial charge in [0.2, 0.25) is 0 Å². The second-order valence-corrected chi connectivity index (χ2v) is 4.50. The summed E-state index contributed by atoms with van der Waals surface area (Å²) in [6.07, 6.45) is 2.45. The molecule has 5 nitrogen and oxygen atoms in total. The summed E-state index contributed by atoms with van der Waals surface area (Å²) < 4.78 is 5.54. The van der Waals surface area contributed by atoms with Gasteiger partial charge in [-0.1, -0.05) is 35.4 Å². The van der Waals surface area contributed by atoms with E-state index in [4.69, 9.17) is 16.3 Å². The summed E-state index contributed by atoms with van der Waals surface area (Å²) in [4.78, 5) is 15.8. The first kappa shape index (κ1) is 15.1. The molecule has 1 aromatic heterocycles. The molecule has 0 aliphatic rings. The predicted octanol–water partition coefficient (Wildman–Crippen LogP) is 3.78. The molecule has 1 amide bonds. The SMILES string of the molecule is CN=NC(=O)OC(CCl)(c1ccccc1)c1ccncc1. The maximum Gasteiger partial charge on any atom is 0.453 e. The molecule has 0 fully saturated rings. The van der Waals surface area contributed by atoms with E-state index >= 15 is 0 Å². The molecule has 1 atom stereocenters. The molecule has 2 aromatic rings. The molecule has 1 aromatic carbocycles. The molecule has 0 bridgehead atoms. The van der Waals surface area contributed by atoms with Crippen molar-refractivity contribution in [1.29, 1.82) is 0 Å². The van der Waals surface area contributed by atoms with Crippen LogP contribution in [0.4, 0.5) is 4.79 Å². The highest BCUT2D eigenvalue weighted by Gasteiger charge is 2.38. The molecule has 108 valence electrons. The lowest BCUT2D eigenvalue weighted by molar-refractivity contribution is 0.0611. The highest BCUT2D eigenvalue weighted by Crippen LogP contribution is 2.35. The van der Waals surface area contributed by atoms with Crippen molar-refractivity contribution in [3.8, 4) is 0 Å². The molecule has 2 rings (SSSR count). The van der Waals surface area contributed by atoms with Gasteiger partial charge in [-0.05, 0) is 12.1 Å². The number of hydrogen-bond acceptors (Lipinski definition) is 4. The van der Waals surface area contributed by atoms with Crippen LogP contribution in [0.25, 0.3) is 0 Å². The number of aromatic nitrogens is 1. The van der Waals surface area contributed by atoms with Gasteiger partial charge in [0.25, 0.3) is 0 Å². The molecule has 6 heteroatoms. The van der Waals surface area contributed by atoms with Gasteiger partial charge in [-0.25, -0.2) is 4.79 Å². The average molecular weight is 304 g/mol. The molecule has 1 heterocycles. The second kappa shape index (κ2) is 6.95. The van der Waals surface area contributed by atoms with Gasteiger partial charge < -0.3 is 4.74 Å². The Kier molecular flexibility index (Phi) is 5.00. The number of halogens is 1. The van der Waals surface area contributed by atoms with Gasteiger partial charge in [-0.2, -0.15) is 5.11 Å². The summed E-state index contributed by atoms with van der Waals surface area (Å²) in [7, 11) is 1.40. The van der Waals surface area contributed by atoms with Crippen LogP contribution < -0.4 is 0 Å². The van der Waals surface area contributed by atoms with Crippen molar-refractivity contribution >= 4 is 17.7 Å². The van der Waals surface area contributed by atoms with E-state index in [0.717, 1.165) is 11.1 Å². The number of hydrogen-bond donors (Lipinski definition) is 0. The fourth-order valence-corrected chi connectivity index (χ4v) is 2.41. The van der Waals surface area contributed by atoms with Crippen molar-refractivity contribution in [1.82, 2.24) is 4.98 Å². The lowest BCUT2D eigenvalue weighted by Gasteiger charge is -2.31. The Labute approximate surface area is 127 Å². The molecule has 0 aliphatic heterocycles. The van der Waals surface area contributed by atoms with Crippen molar-refractivity contribution in [3.63, 3.8) is 0 Å². The van der Waals surface area contributed by atoms with Crippen LogP contribution in [0.15, 0.2) is 65.1 Å². The van der Waals surface area contributed by atoms with E-state index in [1.165, 1.54) is 7.05 Å². The lowest BCUT2D eigenvalue weighted by atomic mass is 9.88. The van der Waals surface area contributed by atoms with Crippen LogP contribution in [0.2, 0.25) is 0 Å². The van der Waals surface area contributed by atoms with Crippen LogP contribution in [0.1, 0.15) is 11.1 Å². The molecule has 0 aliphatic carbocycles. The van der Waals surface area contributed by atoms with Crippen LogP contribution in [-0.4, -0.2) is 24.0 Å². The Morgan fingerprint density at radius 1 is 1.19 bits per heavy atom. The van der Waals surface area contributed by atoms with Gasteiger partial charge in [0.05, 0.1) is 5.88 Å². The zero-order valence-electron chi connectivity index (χ0n) is 11.4. The first-order valence-electron chi connectivity index (χ1n) is 6.28. The summed E-state index contributed by atoms with van der Waals surface area (Å²) in [6, 6.07) is 12.8. The van der Waals surface area contributed by atoms with E-state index in [1.54, 1.807) is 24.5 Å². The van der Waals surface area contributed by atoms with Crippen LogP contribution in [0.5, 0.6) is 0 Å². The Morgan fingerprint density at radius 3 is 2.38 bits per heavy atom. The number of ether oxygens (including phenoxy) is 1. The van der Waals surface area contributed by atoms with E-state index in [0.29, 0.717) is 0 Å². The Morgan fingerprint density at radius 2 is 1.81 bits per heavy atom. The highest BCUT2D eigenvalue weighted by molar-refractivity contribution is 6.19. The third kappa shape index (κ3) is 3.25. The van der Waals surface area contributed by atoms with Crippen LogP contribution in [-0.2, 0) is 10.3 Å². The van der Waals surface area contributed by atoms with E-state index in [9.17, 15) is 4.79 Å². The van der Waals surface area contributed by atoms with Crippen molar-refractivity contribution in [2.45, 2.75) is 5.60 Å². The third-order valence-electron chi connectivity index (χ3n) is 3.02. The third-order valence-corrected chi connectivity index (χ3v) is 3.39. The minimum atomic E-state index is -1.13. The normalized spacial score (nSPS) is 13.8. The number of pyridine rings is 1. The summed E-state index contributed by atoms with van der Waals surface area (Å²) >= 11 is 6.17. The van der Waals surface area contributed by atoms with Gasteiger partial charge in [-0.15, -0.1) is 11.6 Å². The minimum absolute atomic E-state index is 0.0476. The standard InChI is InChI=1S/C15H14ClN3O2/c1-17-19-14(20)21-15(11-16,12-5-3-2-4-6-12)13-7-9-18-10-8-13/h2-10H,11H2,1H3. The van der Waals surface area contributed by atoms with Crippen LogP contribution in [0, 0.1) is 0 Å². The van der Waals surface area contributed by atoms with Gasteiger partial charge in [0.1, 0.15) is 0 Å². The zero-order chi connectivity index (χ0) is 15.1. The molecule has 0 N–H and O–H groups in total. The molecular formula is C15H14ClN3O2. The van der Waals surface area contributed by atoms with Crippen molar-refractivity contribution in [3.05, 3.63) is 66.0 Å².